The molecule has 0 aliphatic heterocycles. The Morgan fingerprint density at radius 1 is 0.935 bits per heavy atom. The number of hydrogen-bond donors (Lipinski definition) is 1. The van der Waals surface area contributed by atoms with Crippen molar-refractivity contribution in [2.45, 2.75) is 51.5 Å². The SMILES string of the molecule is COc1cc(OC)c(C(=O)OCC(=O)N[C@@H](C)C23CC4CC(CC(C4)C2)C3)cc1OC. The van der Waals surface area contributed by atoms with Crippen molar-refractivity contribution in [1.29, 1.82) is 0 Å². The van der Waals surface area contributed by atoms with Crippen molar-refractivity contribution in [1.82, 2.24) is 5.32 Å². The lowest BCUT2D eigenvalue weighted by molar-refractivity contribution is -0.128. The first-order chi connectivity index (χ1) is 14.9. The third-order valence-corrected chi connectivity index (χ3v) is 7.64. The van der Waals surface area contributed by atoms with Gasteiger partial charge in [-0.2, -0.15) is 0 Å². The summed E-state index contributed by atoms with van der Waals surface area (Å²) in [6.07, 6.45) is 7.73. The molecule has 4 saturated carbocycles. The van der Waals surface area contributed by atoms with Gasteiger partial charge in [-0.1, -0.05) is 0 Å². The third-order valence-electron chi connectivity index (χ3n) is 7.64. The summed E-state index contributed by atoms with van der Waals surface area (Å²) in [5.41, 5.74) is 0.392. The van der Waals surface area contributed by atoms with Crippen LogP contribution in [0, 0.1) is 23.2 Å². The summed E-state index contributed by atoms with van der Waals surface area (Å²) in [6.45, 7) is 1.79. The highest BCUT2D eigenvalue weighted by atomic mass is 16.5. The average molecular weight is 432 g/mol. The van der Waals surface area contributed by atoms with Crippen molar-refractivity contribution in [3.63, 3.8) is 0 Å². The number of carbonyl (C=O) groups is 2. The molecule has 4 fully saturated rings. The predicted octanol–water partition coefficient (Wildman–Crippen LogP) is 3.59. The maximum Gasteiger partial charge on any atom is 0.342 e. The maximum absolute atomic E-state index is 12.6. The van der Waals surface area contributed by atoms with Crippen LogP contribution in [-0.2, 0) is 9.53 Å². The molecule has 5 rings (SSSR count). The smallest absolute Gasteiger partial charge is 0.342 e. The van der Waals surface area contributed by atoms with Crippen LogP contribution < -0.4 is 19.5 Å². The van der Waals surface area contributed by atoms with Gasteiger partial charge in [0.1, 0.15) is 11.3 Å². The maximum atomic E-state index is 12.6. The van der Waals surface area contributed by atoms with Crippen LogP contribution in [0.5, 0.6) is 17.2 Å². The third kappa shape index (κ3) is 4.19. The first kappa shape index (κ1) is 21.8. The molecule has 1 N–H and O–H groups in total. The van der Waals surface area contributed by atoms with E-state index in [4.69, 9.17) is 18.9 Å². The normalized spacial score (nSPS) is 29.2. The zero-order valence-electron chi connectivity index (χ0n) is 18.9. The Hall–Kier alpha value is -2.44. The monoisotopic (exact) mass is 431 g/mol. The molecular weight excluding hydrogens is 398 g/mol. The van der Waals surface area contributed by atoms with Crippen molar-refractivity contribution >= 4 is 11.9 Å². The van der Waals surface area contributed by atoms with Crippen LogP contribution in [0.25, 0.3) is 0 Å². The summed E-state index contributed by atoms with van der Waals surface area (Å²) in [6, 6.07) is 3.14. The summed E-state index contributed by atoms with van der Waals surface area (Å²) in [7, 11) is 4.45. The molecule has 0 heterocycles. The van der Waals surface area contributed by atoms with Crippen LogP contribution in [0.15, 0.2) is 12.1 Å². The lowest BCUT2D eigenvalue weighted by atomic mass is 9.48. The fourth-order valence-corrected chi connectivity index (χ4v) is 6.54. The molecule has 0 saturated heterocycles. The van der Waals surface area contributed by atoms with Gasteiger partial charge in [-0.15, -0.1) is 0 Å². The minimum atomic E-state index is -0.643. The lowest BCUT2D eigenvalue weighted by Crippen LogP contribution is -2.56. The number of hydrogen-bond acceptors (Lipinski definition) is 6. The zero-order chi connectivity index (χ0) is 22.2. The van der Waals surface area contributed by atoms with Crippen LogP contribution in [0.4, 0.5) is 0 Å². The van der Waals surface area contributed by atoms with Gasteiger partial charge in [0.15, 0.2) is 18.1 Å². The second-order valence-corrected chi connectivity index (χ2v) is 9.55. The van der Waals surface area contributed by atoms with E-state index in [0.29, 0.717) is 17.2 Å². The summed E-state index contributed by atoms with van der Waals surface area (Å²) >= 11 is 0. The van der Waals surface area contributed by atoms with Crippen LogP contribution in [0.1, 0.15) is 55.8 Å². The molecule has 4 bridgehead atoms. The van der Waals surface area contributed by atoms with Crippen LogP contribution >= 0.6 is 0 Å². The van der Waals surface area contributed by atoms with Crippen LogP contribution in [0.2, 0.25) is 0 Å². The molecule has 1 aromatic rings. The number of methoxy groups -OCH3 is 3. The zero-order valence-corrected chi connectivity index (χ0v) is 18.9. The number of amides is 1. The Balaban J connectivity index is 1.36. The molecule has 1 amide bonds. The Kier molecular flexibility index (Phi) is 6.04. The van der Waals surface area contributed by atoms with Gasteiger partial charge in [-0.05, 0) is 68.6 Å². The Morgan fingerprint density at radius 2 is 1.45 bits per heavy atom. The topological polar surface area (TPSA) is 83.1 Å². The number of benzene rings is 1. The molecule has 7 nitrogen and oxygen atoms in total. The molecule has 1 atom stereocenters. The minimum absolute atomic E-state index is 0.0859. The molecule has 0 radical (unpaired) electrons. The van der Waals surface area contributed by atoms with Crippen molar-refractivity contribution in [2.75, 3.05) is 27.9 Å². The number of esters is 1. The van der Waals surface area contributed by atoms with Crippen molar-refractivity contribution < 1.29 is 28.5 Å². The highest BCUT2D eigenvalue weighted by Gasteiger charge is 2.53. The summed E-state index contributed by atoms with van der Waals surface area (Å²) in [5, 5.41) is 3.12. The largest absolute Gasteiger partial charge is 0.496 e. The molecule has 0 aromatic heterocycles. The molecule has 1 aromatic carbocycles. The molecule has 31 heavy (non-hydrogen) atoms. The van der Waals surface area contributed by atoms with Crippen LogP contribution in [-0.4, -0.2) is 45.9 Å². The molecule has 4 aliphatic rings. The van der Waals surface area contributed by atoms with E-state index in [9.17, 15) is 9.59 Å². The fourth-order valence-electron chi connectivity index (χ4n) is 6.54. The molecule has 4 aliphatic carbocycles. The minimum Gasteiger partial charge on any atom is -0.496 e. The van der Waals surface area contributed by atoms with Gasteiger partial charge in [0.25, 0.3) is 5.91 Å². The van der Waals surface area contributed by atoms with Crippen molar-refractivity contribution in [2.24, 2.45) is 23.2 Å². The molecule has 0 unspecified atom stereocenters. The Labute approximate surface area is 183 Å². The first-order valence-electron chi connectivity index (χ1n) is 11.1. The highest BCUT2D eigenvalue weighted by Crippen LogP contribution is 2.61. The molecule has 170 valence electrons. The average Bonchev–Trinajstić information content (AvgIpc) is 2.75. The van der Waals surface area contributed by atoms with Gasteiger partial charge in [0.2, 0.25) is 0 Å². The first-order valence-corrected chi connectivity index (χ1v) is 11.1. The van der Waals surface area contributed by atoms with Crippen molar-refractivity contribution in [3.8, 4) is 17.2 Å². The van der Waals surface area contributed by atoms with Gasteiger partial charge in [-0.3, -0.25) is 4.79 Å². The van der Waals surface area contributed by atoms with E-state index in [2.05, 4.69) is 12.2 Å². The fraction of sp³-hybridized carbons (Fsp3) is 0.667. The van der Waals surface area contributed by atoms with Gasteiger partial charge >= 0.3 is 5.97 Å². The predicted molar refractivity (Wildman–Crippen MR) is 115 cm³/mol. The molecule has 0 spiro atoms. The van der Waals surface area contributed by atoms with Crippen LogP contribution in [0.3, 0.4) is 0 Å². The second-order valence-electron chi connectivity index (χ2n) is 9.55. The van der Waals surface area contributed by atoms with E-state index in [1.165, 1.54) is 65.9 Å². The van der Waals surface area contributed by atoms with Gasteiger partial charge in [-0.25, -0.2) is 4.79 Å². The standard InChI is InChI=1S/C24H33NO6/c1-14(24-10-15-5-16(11-24)7-17(6-15)12-24)25-22(26)13-31-23(27)18-8-20(29-3)21(30-4)9-19(18)28-2/h8-9,14-17H,5-7,10-13H2,1-4H3,(H,25,26)/t14-,15?,16?,17?,24?/m0/s1. The van der Waals surface area contributed by atoms with E-state index in [-0.39, 0.29) is 29.5 Å². The Bertz CT molecular complexity index is 815. The second kappa shape index (κ2) is 8.60. The van der Waals surface area contributed by atoms with E-state index in [0.717, 1.165) is 17.8 Å². The quantitative estimate of drug-likeness (QED) is 0.634. The molecular formula is C24H33NO6. The summed E-state index contributed by atoms with van der Waals surface area (Å²) in [5.74, 6) is 2.67. The van der Waals surface area contributed by atoms with E-state index in [1.807, 2.05) is 0 Å². The van der Waals surface area contributed by atoms with E-state index < -0.39 is 5.97 Å². The summed E-state index contributed by atoms with van der Waals surface area (Å²) in [4.78, 5) is 25.2. The van der Waals surface area contributed by atoms with Gasteiger partial charge < -0.3 is 24.3 Å². The highest BCUT2D eigenvalue weighted by molar-refractivity contribution is 5.95. The van der Waals surface area contributed by atoms with Gasteiger partial charge in [0, 0.05) is 18.2 Å². The number of nitrogens with one attached hydrogen (secondary N) is 1. The lowest BCUT2D eigenvalue weighted by Gasteiger charge is -2.59. The van der Waals surface area contributed by atoms with Crippen molar-refractivity contribution in [3.05, 3.63) is 17.7 Å². The van der Waals surface area contributed by atoms with E-state index in [1.54, 1.807) is 6.07 Å². The van der Waals surface area contributed by atoms with E-state index >= 15 is 0 Å². The number of carbonyl (C=O) groups excluding carboxylic acids is 2. The van der Waals surface area contributed by atoms with Gasteiger partial charge in [0.05, 0.1) is 21.3 Å². The number of ether oxygens (including phenoxy) is 4. The summed E-state index contributed by atoms with van der Waals surface area (Å²) < 4.78 is 21.1. The molecule has 7 heteroatoms. The Morgan fingerprint density at radius 3 is 1.97 bits per heavy atom. The number of rotatable bonds is 8.